The van der Waals surface area contributed by atoms with E-state index in [4.69, 9.17) is 23.2 Å². The lowest BCUT2D eigenvalue weighted by molar-refractivity contribution is 0.373. The van der Waals surface area contributed by atoms with Gasteiger partial charge in [0.2, 0.25) is 0 Å². The highest BCUT2D eigenvalue weighted by molar-refractivity contribution is 7.21. The van der Waals surface area contributed by atoms with Gasteiger partial charge in [0.25, 0.3) is 0 Å². The first-order valence-electron chi connectivity index (χ1n) is 8.11. The van der Waals surface area contributed by atoms with Crippen molar-refractivity contribution >= 4 is 44.8 Å². The second kappa shape index (κ2) is 8.33. The SMILES string of the molecule is CCCC(C)(C)C.Clc1ccc(Cl)c(-c2nc3ccccc3s2)c1. The zero-order valence-electron chi connectivity index (χ0n) is 14.6. The summed E-state index contributed by atoms with van der Waals surface area (Å²) in [6, 6.07) is 13.5. The topological polar surface area (TPSA) is 12.9 Å². The number of para-hydroxylation sites is 1. The van der Waals surface area contributed by atoms with Crippen molar-refractivity contribution in [3.05, 3.63) is 52.5 Å². The highest BCUT2D eigenvalue weighted by Gasteiger charge is 2.10. The van der Waals surface area contributed by atoms with Gasteiger partial charge in [-0.3, -0.25) is 0 Å². The summed E-state index contributed by atoms with van der Waals surface area (Å²) in [6.07, 6.45) is 2.65. The van der Waals surface area contributed by atoms with Gasteiger partial charge in [0.1, 0.15) is 5.01 Å². The Morgan fingerprint density at radius 2 is 1.75 bits per heavy atom. The number of nitrogens with zero attached hydrogens (tertiary/aromatic N) is 1. The molecule has 0 amide bonds. The molecule has 128 valence electrons. The molecule has 3 rings (SSSR count). The van der Waals surface area contributed by atoms with E-state index < -0.39 is 0 Å². The normalized spacial score (nSPS) is 11.2. The first-order valence-corrected chi connectivity index (χ1v) is 9.68. The summed E-state index contributed by atoms with van der Waals surface area (Å²) in [5.41, 5.74) is 2.43. The summed E-state index contributed by atoms with van der Waals surface area (Å²) in [5.74, 6) is 0. The van der Waals surface area contributed by atoms with Crippen LogP contribution >= 0.6 is 34.5 Å². The third-order valence-electron chi connectivity index (χ3n) is 3.45. The van der Waals surface area contributed by atoms with Gasteiger partial charge in [0.15, 0.2) is 0 Å². The van der Waals surface area contributed by atoms with Crippen molar-refractivity contribution in [2.24, 2.45) is 5.41 Å². The van der Waals surface area contributed by atoms with Gasteiger partial charge in [-0.15, -0.1) is 11.3 Å². The van der Waals surface area contributed by atoms with Crippen LogP contribution in [0.1, 0.15) is 40.5 Å². The van der Waals surface area contributed by atoms with Crippen LogP contribution in [0.5, 0.6) is 0 Å². The third-order valence-corrected chi connectivity index (χ3v) is 5.09. The molecule has 0 aliphatic carbocycles. The molecule has 1 nitrogen and oxygen atoms in total. The highest BCUT2D eigenvalue weighted by atomic mass is 35.5. The van der Waals surface area contributed by atoms with Gasteiger partial charge in [-0.2, -0.15) is 0 Å². The van der Waals surface area contributed by atoms with Crippen LogP contribution in [0, 0.1) is 5.41 Å². The Balaban J connectivity index is 0.000000256. The maximum absolute atomic E-state index is 6.17. The van der Waals surface area contributed by atoms with E-state index in [1.807, 2.05) is 24.3 Å². The molecule has 0 N–H and O–H groups in total. The molecular formula is C20H23Cl2NS. The average molecular weight is 380 g/mol. The summed E-state index contributed by atoms with van der Waals surface area (Å²) in [6.45, 7) is 9.05. The van der Waals surface area contributed by atoms with E-state index in [1.165, 1.54) is 12.8 Å². The Morgan fingerprint density at radius 1 is 1.04 bits per heavy atom. The number of halogens is 2. The first kappa shape index (κ1) is 19.2. The molecule has 0 unspecified atom stereocenters. The fourth-order valence-corrected chi connectivity index (χ4v) is 3.83. The first-order chi connectivity index (χ1) is 11.3. The fraction of sp³-hybridized carbons (Fsp3) is 0.350. The molecule has 1 aromatic heterocycles. The minimum atomic E-state index is 0.550. The number of hydrogen-bond donors (Lipinski definition) is 0. The van der Waals surface area contributed by atoms with Gasteiger partial charge in [0.05, 0.1) is 15.2 Å². The Morgan fingerprint density at radius 3 is 2.33 bits per heavy atom. The van der Waals surface area contributed by atoms with Crippen LogP contribution in [0.15, 0.2) is 42.5 Å². The van der Waals surface area contributed by atoms with Gasteiger partial charge < -0.3 is 0 Å². The molecule has 0 aliphatic rings. The lowest BCUT2D eigenvalue weighted by Gasteiger charge is -2.15. The Labute approximate surface area is 158 Å². The van der Waals surface area contributed by atoms with Crippen molar-refractivity contribution in [3.8, 4) is 10.6 Å². The highest BCUT2D eigenvalue weighted by Crippen LogP contribution is 2.35. The largest absolute Gasteiger partial charge is 0.236 e. The smallest absolute Gasteiger partial charge is 0.126 e. The number of aromatic nitrogens is 1. The molecule has 3 aromatic rings. The second-order valence-corrected chi connectivity index (χ2v) is 8.80. The molecule has 1 heterocycles. The van der Waals surface area contributed by atoms with E-state index in [9.17, 15) is 0 Å². The van der Waals surface area contributed by atoms with Crippen LogP contribution in [0.3, 0.4) is 0 Å². The van der Waals surface area contributed by atoms with Crippen molar-refractivity contribution < 1.29 is 0 Å². The molecule has 0 bridgehead atoms. The summed E-state index contributed by atoms with van der Waals surface area (Å²) in [4.78, 5) is 4.56. The van der Waals surface area contributed by atoms with Crippen molar-refractivity contribution in [3.63, 3.8) is 0 Å². The van der Waals surface area contributed by atoms with E-state index in [0.29, 0.717) is 15.5 Å². The molecule has 2 aromatic carbocycles. The molecule has 0 saturated carbocycles. The molecule has 0 spiro atoms. The minimum Gasteiger partial charge on any atom is -0.236 e. The van der Waals surface area contributed by atoms with Gasteiger partial charge in [0, 0.05) is 10.6 Å². The van der Waals surface area contributed by atoms with Gasteiger partial charge in [-0.1, -0.05) is 69.5 Å². The van der Waals surface area contributed by atoms with E-state index in [0.717, 1.165) is 20.8 Å². The molecule has 24 heavy (non-hydrogen) atoms. The molecule has 0 aliphatic heterocycles. The van der Waals surface area contributed by atoms with Crippen LogP contribution in [0.4, 0.5) is 0 Å². The number of benzene rings is 2. The Bertz CT molecular complexity index is 770. The number of hydrogen-bond acceptors (Lipinski definition) is 2. The average Bonchev–Trinajstić information content (AvgIpc) is 2.93. The lowest BCUT2D eigenvalue weighted by atomic mass is 9.91. The van der Waals surface area contributed by atoms with E-state index in [-0.39, 0.29) is 0 Å². The summed E-state index contributed by atoms with van der Waals surface area (Å²) in [7, 11) is 0. The van der Waals surface area contributed by atoms with Crippen molar-refractivity contribution in [2.45, 2.75) is 40.5 Å². The molecular weight excluding hydrogens is 357 g/mol. The Kier molecular flexibility index (Phi) is 6.68. The second-order valence-electron chi connectivity index (χ2n) is 6.92. The molecule has 4 heteroatoms. The standard InChI is InChI=1S/C13H7Cl2NS.C7H16/c14-8-5-6-10(15)9(7-8)13-16-11-3-1-2-4-12(11)17-13;1-5-6-7(2,3)4/h1-7H;5-6H2,1-4H3. The molecule has 0 radical (unpaired) electrons. The van der Waals surface area contributed by atoms with Crippen LogP contribution in [-0.4, -0.2) is 4.98 Å². The minimum absolute atomic E-state index is 0.550. The maximum Gasteiger partial charge on any atom is 0.126 e. The predicted octanol–water partition coefficient (Wildman–Crippen LogP) is 8.10. The Hall–Kier alpha value is -1.09. The molecule has 0 atom stereocenters. The lowest BCUT2D eigenvalue weighted by Crippen LogP contribution is -2.02. The maximum atomic E-state index is 6.17. The van der Waals surface area contributed by atoms with Crippen molar-refractivity contribution in [1.29, 1.82) is 0 Å². The molecule has 0 saturated heterocycles. The summed E-state index contributed by atoms with van der Waals surface area (Å²) >= 11 is 13.8. The van der Waals surface area contributed by atoms with Crippen molar-refractivity contribution in [1.82, 2.24) is 4.98 Å². The van der Waals surface area contributed by atoms with Gasteiger partial charge in [-0.05, 0) is 42.2 Å². The van der Waals surface area contributed by atoms with Gasteiger partial charge in [-0.25, -0.2) is 4.98 Å². The zero-order valence-corrected chi connectivity index (χ0v) is 16.9. The van der Waals surface area contributed by atoms with Gasteiger partial charge >= 0.3 is 0 Å². The molecule has 0 fully saturated rings. The number of thiazole rings is 1. The van der Waals surface area contributed by atoms with Crippen LogP contribution in [0.25, 0.3) is 20.8 Å². The van der Waals surface area contributed by atoms with Crippen molar-refractivity contribution in [2.75, 3.05) is 0 Å². The number of fused-ring (bicyclic) bond motifs is 1. The van der Waals surface area contributed by atoms with E-state index >= 15 is 0 Å². The number of rotatable bonds is 2. The monoisotopic (exact) mass is 379 g/mol. The van der Waals surface area contributed by atoms with Crippen LogP contribution in [-0.2, 0) is 0 Å². The van der Waals surface area contributed by atoms with Crippen LogP contribution in [0.2, 0.25) is 10.0 Å². The zero-order chi connectivity index (χ0) is 17.7. The fourth-order valence-electron chi connectivity index (χ4n) is 2.40. The summed E-state index contributed by atoms with van der Waals surface area (Å²) < 4.78 is 1.15. The summed E-state index contributed by atoms with van der Waals surface area (Å²) in [5, 5.41) is 2.25. The van der Waals surface area contributed by atoms with Crippen LogP contribution < -0.4 is 0 Å². The predicted molar refractivity (Wildman–Crippen MR) is 109 cm³/mol. The third kappa shape index (κ3) is 5.47. The quantitative estimate of drug-likeness (QED) is 0.438. The van der Waals surface area contributed by atoms with E-state index in [1.54, 1.807) is 23.5 Å². The van der Waals surface area contributed by atoms with E-state index in [2.05, 4.69) is 38.7 Å².